The fourth-order valence-corrected chi connectivity index (χ4v) is 5.03. The van der Waals surface area contributed by atoms with Gasteiger partial charge in [-0.25, -0.2) is 8.42 Å². The smallest absolute Gasteiger partial charge is 0.243 e. The molecule has 118 valence electrons. The van der Waals surface area contributed by atoms with Gasteiger partial charge in [0, 0.05) is 36.0 Å². The van der Waals surface area contributed by atoms with Crippen LogP contribution in [0.25, 0.3) is 0 Å². The Labute approximate surface area is 140 Å². The van der Waals surface area contributed by atoms with Gasteiger partial charge in [-0.1, -0.05) is 15.9 Å². The minimum absolute atomic E-state index is 0.216. The first-order chi connectivity index (χ1) is 9.77. The van der Waals surface area contributed by atoms with Crippen LogP contribution in [0.1, 0.15) is 18.1 Å². The number of rotatable bonds is 3. The first-order valence-corrected chi connectivity index (χ1v) is 9.59. The number of nitrogens with zero attached hydrogens (tertiary/aromatic N) is 2. The lowest BCUT2D eigenvalue weighted by atomic mass is 10.2. The van der Waals surface area contributed by atoms with Gasteiger partial charge in [-0.2, -0.15) is 4.31 Å². The van der Waals surface area contributed by atoms with E-state index in [-0.39, 0.29) is 6.04 Å². The fourth-order valence-electron chi connectivity index (χ4n) is 2.42. The van der Waals surface area contributed by atoms with Crippen LogP contribution in [0.15, 0.2) is 21.5 Å². The Hall–Kier alpha value is -0.140. The summed E-state index contributed by atoms with van der Waals surface area (Å²) in [6.07, 6.45) is 0. The molecule has 0 aromatic heterocycles. The van der Waals surface area contributed by atoms with Gasteiger partial charge in [0.1, 0.15) is 0 Å². The molecule has 1 saturated heterocycles. The molecule has 1 unspecified atom stereocenters. The van der Waals surface area contributed by atoms with Crippen LogP contribution in [-0.4, -0.2) is 50.3 Å². The van der Waals surface area contributed by atoms with E-state index in [1.807, 2.05) is 27.0 Å². The van der Waals surface area contributed by atoms with E-state index in [4.69, 9.17) is 11.6 Å². The van der Waals surface area contributed by atoms with E-state index in [0.717, 1.165) is 22.1 Å². The molecule has 7 heteroatoms. The van der Waals surface area contributed by atoms with Crippen molar-refractivity contribution < 1.29 is 8.42 Å². The molecule has 0 bridgehead atoms. The highest BCUT2D eigenvalue weighted by Crippen LogP contribution is 2.29. The molecule has 0 radical (unpaired) electrons. The Morgan fingerprint density at radius 3 is 2.62 bits per heavy atom. The number of likely N-dealkylation sites (N-methyl/N-ethyl adjacent to an activating group) is 1. The van der Waals surface area contributed by atoms with Crippen molar-refractivity contribution in [2.24, 2.45) is 0 Å². The summed E-state index contributed by atoms with van der Waals surface area (Å²) >= 11 is 9.29. The molecular weight excluding hydrogens is 376 g/mol. The van der Waals surface area contributed by atoms with Crippen molar-refractivity contribution in [1.29, 1.82) is 0 Å². The third kappa shape index (κ3) is 3.45. The van der Waals surface area contributed by atoms with Gasteiger partial charge in [0.05, 0.1) is 4.90 Å². The van der Waals surface area contributed by atoms with E-state index < -0.39 is 10.0 Å². The highest BCUT2D eigenvalue weighted by molar-refractivity contribution is 9.10. The molecule has 1 aromatic rings. The van der Waals surface area contributed by atoms with Crippen molar-refractivity contribution >= 4 is 37.6 Å². The Morgan fingerprint density at radius 1 is 1.38 bits per heavy atom. The number of hydrogen-bond donors (Lipinski definition) is 0. The molecule has 0 aliphatic carbocycles. The Morgan fingerprint density at radius 2 is 2.05 bits per heavy atom. The monoisotopic (exact) mass is 394 g/mol. The van der Waals surface area contributed by atoms with Gasteiger partial charge in [0.15, 0.2) is 0 Å². The van der Waals surface area contributed by atoms with Crippen molar-refractivity contribution in [1.82, 2.24) is 9.21 Å². The molecular formula is C14H20BrClN2O2S. The van der Waals surface area contributed by atoms with Crippen LogP contribution in [0.2, 0.25) is 0 Å². The van der Waals surface area contributed by atoms with E-state index in [0.29, 0.717) is 23.9 Å². The van der Waals surface area contributed by atoms with E-state index in [9.17, 15) is 8.42 Å². The summed E-state index contributed by atoms with van der Waals surface area (Å²) in [5.74, 6) is 0.292. The van der Waals surface area contributed by atoms with Crippen LogP contribution in [0, 0.1) is 6.92 Å². The zero-order valence-electron chi connectivity index (χ0n) is 12.4. The van der Waals surface area contributed by atoms with Crippen LogP contribution >= 0.6 is 27.5 Å². The maximum absolute atomic E-state index is 12.9. The van der Waals surface area contributed by atoms with Crippen molar-refractivity contribution in [2.45, 2.75) is 30.7 Å². The topological polar surface area (TPSA) is 40.6 Å². The lowest BCUT2D eigenvalue weighted by Crippen LogP contribution is -2.51. The summed E-state index contributed by atoms with van der Waals surface area (Å²) in [6, 6.07) is 3.77. The number of halogens is 2. The third-order valence-corrected chi connectivity index (χ3v) is 7.17. The predicted molar refractivity (Wildman–Crippen MR) is 89.3 cm³/mol. The van der Waals surface area contributed by atoms with Gasteiger partial charge in [0.2, 0.25) is 10.0 Å². The largest absolute Gasteiger partial charge is 0.301 e. The van der Waals surface area contributed by atoms with Crippen molar-refractivity contribution in [3.05, 3.63) is 27.7 Å². The quantitative estimate of drug-likeness (QED) is 0.739. The van der Waals surface area contributed by atoms with E-state index in [1.54, 1.807) is 10.4 Å². The Kier molecular flexibility index (Phi) is 5.36. The average molecular weight is 396 g/mol. The number of benzene rings is 1. The third-order valence-electron chi connectivity index (χ3n) is 4.05. The minimum Gasteiger partial charge on any atom is -0.301 e. The highest BCUT2D eigenvalue weighted by Gasteiger charge is 2.32. The lowest BCUT2D eigenvalue weighted by molar-refractivity contribution is 0.159. The number of hydrogen-bond acceptors (Lipinski definition) is 3. The second-order valence-corrected chi connectivity index (χ2v) is 8.56. The molecule has 0 spiro atoms. The zero-order chi connectivity index (χ0) is 15.8. The standard InChI is InChI=1S/C14H20BrClN2O2S/c1-10-9-18(5-4-17(10)3)21(19,20)14-7-12(8-16)6-13(15)11(14)2/h6-7,10H,4-5,8-9H2,1-3H3. The van der Waals surface area contributed by atoms with Crippen molar-refractivity contribution in [3.63, 3.8) is 0 Å². The molecule has 0 N–H and O–H groups in total. The van der Waals surface area contributed by atoms with Gasteiger partial charge in [-0.05, 0) is 44.2 Å². The van der Waals surface area contributed by atoms with Gasteiger partial charge in [-0.3, -0.25) is 0 Å². The van der Waals surface area contributed by atoms with Crippen LogP contribution in [0.5, 0.6) is 0 Å². The molecule has 2 rings (SSSR count). The molecule has 1 aliphatic heterocycles. The zero-order valence-corrected chi connectivity index (χ0v) is 15.6. The van der Waals surface area contributed by atoms with Gasteiger partial charge < -0.3 is 4.90 Å². The molecule has 0 amide bonds. The first-order valence-electron chi connectivity index (χ1n) is 6.82. The summed E-state index contributed by atoms with van der Waals surface area (Å²) in [5, 5.41) is 0. The van der Waals surface area contributed by atoms with Gasteiger partial charge >= 0.3 is 0 Å². The maximum atomic E-state index is 12.9. The van der Waals surface area contributed by atoms with Gasteiger partial charge in [-0.15, -0.1) is 11.6 Å². The SMILES string of the molecule is Cc1c(Br)cc(CCl)cc1S(=O)(=O)N1CCN(C)C(C)C1. The Bertz CT molecular complexity index is 636. The van der Waals surface area contributed by atoms with E-state index in [2.05, 4.69) is 20.8 Å². The molecule has 1 aromatic carbocycles. The minimum atomic E-state index is -3.49. The Balaban J connectivity index is 2.42. The number of sulfonamides is 1. The predicted octanol–water partition coefficient (Wildman–Crippen LogP) is 2.82. The van der Waals surface area contributed by atoms with Crippen LogP contribution < -0.4 is 0 Å². The van der Waals surface area contributed by atoms with E-state index in [1.165, 1.54) is 0 Å². The van der Waals surface area contributed by atoms with Crippen LogP contribution in [0.3, 0.4) is 0 Å². The first kappa shape index (κ1) is 17.2. The second-order valence-electron chi connectivity index (χ2n) is 5.53. The molecule has 0 saturated carbocycles. The fraction of sp³-hybridized carbons (Fsp3) is 0.571. The normalized spacial score (nSPS) is 21.7. The second kappa shape index (κ2) is 6.54. The molecule has 1 heterocycles. The summed E-state index contributed by atoms with van der Waals surface area (Å²) in [4.78, 5) is 2.52. The summed E-state index contributed by atoms with van der Waals surface area (Å²) in [6.45, 7) is 5.64. The summed E-state index contributed by atoms with van der Waals surface area (Å²) < 4.78 is 28.2. The molecule has 1 aliphatic rings. The van der Waals surface area contributed by atoms with Crippen molar-refractivity contribution in [3.8, 4) is 0 Å². The van der Waals surface area contributed by atoms with Crippen molar-refractivity contribution in [2.75, 3.05) is 26.7 Å². The van der Waals surface area contributed by atoms with Crippen LogP contribution in [0.4, 0.5) is 0 Å². The maximum Gasteiger partial charge on any atom is 0.243 e. The number of piperazine rings is 1. The van der Waals surface area contributed by atoms with Crippen LogP contribution in [-0.2, 0) is 15.9 Å². The molecule has 21 heavy (non-hydrogen) atoms. The molecule has 1 atom stereocenters. The molecule has 4 nitrogen and oxygen atoms in total. The number of alkyl halides is 1. The van der Waals surface area contributed by atoms with E-state index >= 15 is 0 Å². The average Bonchev–Trinajstić information content (AvgIpc) is 2.44. The van der Waals surface area contributed by atoms with Gasteiger partial charge in [0.25, 0.3) is 0 Å². The highest BCUT2D eigenvalue weighted by atomic mass is 79.9. The lowest BCUT2D eigenvalue weighted by Gasteiger charge is -2.37. The summed E-state index contributed by atoms with van der Waals surface area (Å²) in [7, 11) is -1.47. The summed E-state index contributed by atoms with van der Waals surface area (Å²) in [5.41, 5.74) is 1.53. The molecule has 1 fully saturated rings.